The first-order valence-electron chi connectivity index (χ1n) is 8.58. The van der Waals surface area contributed by atoms with Crippen LogP contribution in [0.25, 0.3) is 0 Å². The fourth-order valence-corrected chi connectivity index (χ4v) is 2.89. The van der Waals surface area contributed by atoms with Gasteiger partial charge in [0.15, 0.2) is 6.61 Å². The SMILES string of the molecule is N#Cc1ccc(CN(Cc2nnc(N)o2)C(=O)COc2cc(F)cc(F)c2Br)c(F)c1. The van der Waals surface area contributed by atoms with Gasteiger partial charge in [-0.2, -0.15) is 5.26 Å². The average molecular weight is 496 g/mol. The number of aromatic nitrogens is 2. The molecule has 0 atom stereocenters. The summed E-state index contributed by atoms with van der Waals surface area (Å²) in [6, 6.07) is 6.94. The maximum absolute atomic E-state index is 14.3. The van der Waals surface area contributed by atoms with E-state index in [4.69, 9.17) is 20.1 Å². The van der Waals surface area contributed by atoms with Gasteiger partial charge in [0, 0.05) is 24.2 Å². The van der Waals surface area contributed by atoms with Gasteiger partial charge in [-0.1, -0.05) is 11.2 Å². The Morgan fingerprint density at radius 3 is 2.61 bits per heavy atom. The number of carbonyl (C=O) groups excluding carboxylic acids is 1. The van der Waals surface area contributed by atoms with Gasteiger partial charge in [0.25, 0.3) is 5.91 Å². The van der Waals surface area contributed by atoms with E-state index in [-0.39, 0.29) is 46.3 Å². The highest BCUT2D eigenvalue weighted by Gasteiger charge is 2.21. The van der Waals surface area contributed by atoms with Gasteiger partial charge in [-0.3, -0.25) is 4.79 Å². The minimum atomic E-state index is -0.903. The van der Waals surface area contributed by atoms with Crippen molar-refractivity contribution in [2.45, 2.75) is 13.1 Å². The maximum Gasteiger partial charge on any atom is 0.312 e. The van der Waals surface area contributed by atoms with Crippen molar-refractivity contribution < 1.29 is 27.1 Å². The normalized spacial score (nSPS) is 10.5. The van der Waals surface area contributed by atoms with Gasteiger partial charge >= 0.3 is 6.01 Å². The zero-order valence-corrected chi connectivity index (χ0v) is 17.2. The second-order valence-electron chi connectivity index (χ2n) is 6.19. The topological polar surface area (TPSA) is 118 Å². The molecule has 0 radical (unpaired) electrons. The van der Waals surface area contributed by atoms with Crippen LogP contribution < -0.4 is 10.5 Å². The number of halogens is 4. The van der Waals surface area contributed by atoms with E-state index in [2.05, 4.69) is 26.1 Å². The minimum absolute atomic E-state index is 0.0158. The number of nitrogen functional groups attached to an aromatic ring is 1. The van der Waals surface area contributed by atoms with Gasteiger partial charge in [-0.25, -0.2) is 13.2 Å². The summed E-state index contributed by atoms with van der Waals surface area (Å²) in [5.41, 5.74) is 5.61. The number of benzene rings is 2. The quantitative estimate of drug-likeness (QED) is 0.499. The summed E-state index contributed by atoms with van der Waals surface area (Å²) in [5.74, 6) is -3.40. The number of ether oxygens (including phenoxy) is 1. The smallest absolute Gasteiger partial charge is 0.312 e. The van der Waals surface area contributed by atoms with Crippen LogP contribution in [0.3, 0.4) is 0 Å². The summed E-state index contributed by atoms with van der Waals surface area (Å²) in [4.78, 5) is 13.9. The van der Waals surface area contributed by atoms with E-state index in [1.54, 1.807) is 0 Å². The van der Waals surface area contributed by atoms with Crippen molar-refractivity contribution in [1.82, 2.24) is 15.1 Å². The Bertz CT molecular complexity index is 1170. The summed E-state index contributed by atoms with van der Waals surface area (Å²) in [6.45, 7) is -1.09. The van der Waals surface area contributed by atoms with Crippen molar-refractivity contribution in [1.29, 1.82) is 5.26 Å². The molecular formula is C19H13BrF3N5O3. The Kier molecular flexibility index (Phi) is 6.76. The van der Waals surface area contributed by atoms with Gasteiger partial charge in [0.1, 0.15) is 23.2 Å². The van der Waals surface area contributed by atoms with Crippen molar-refractivity contribution in [2.75, 3.05) is 12.3 Å². The zero-order valence-electron chi connectivity index (χ0n) is 15.6. The molecule has 2 N–H and O–H groups in total. The first kappa shape index (κ1) is 22.1. The second kappa shape index (κ2) is 9.48. The Hall–Kier alpha value is -3.59. The molecule has 8 nitrogen and oxygen atoms in total. The molecule has 12 heteroatoms. The predicted octanol–water partition coefficient (Wildman–Crippen LogP) is 3.31. The zero-order chi connectivity index (χ0) is 22.5. The summed E-state index contributed by atoms with van der Waals surface area (Å²) in [5, 5.41) is 16.0. The lowest BCUT2D eigenvalue weighted by Gasteiger charge is -2.22. The van der Waals surface area contributed by atoms with Gasteiger partial charge < -0.3 is 19.8 Å². The Morgan fingerprint density at radius 1 is 1.19 bits per heavy atom. The van der Waals surface area contributed by atoms with E-state index in [1.165, 1.54) is 12.1 Å². The molecule has 31 heavy (non-hydrogen) atoms. The van der Waals surface area contributed by atoms with Crippen LogP contribution in [-0.2, 0) is 17.9 Å². The molecule has 160 valence electrons. The Labute approximate surface area is 182 Å². The predicted molar refractivity (Wildman–Crippen MR) is 104 cm³/mol. The highest BCUT2D eigenvalue weighted by molar-refractivity contribution is 9.10. The lowest BCUT2D eigenvalue weighted by Crippen LogP contribution is -2.34. The third kappa shape index (κ3) is 5.52. The fourth-order valence-electron chi connectivity index (χ4n) is 2.54. The van der Waals surface area contributed by atoms with Crippen LogP contribution in [0.15, 0.2) is 39.2 Å². The van der Waals surface area contributed by atoms with Gasteiger partial charge in [-0.05, 0) is 28.1 Å². The number of nitriles is 1. The highest BCUT2D eigenvalue weighted by Crippen LogP contribution is 2.29. The summed E-state index contributed by atoms with van der Waals surface area (Å²) in [6.07, 6.45) is 0. The van der Waals surface area contributed by atoms with Crippen molar-refractivity contribution in [3.05, 3.63) is 69.3 Å². The van der Waals surface area contributed by atoms with E-state index in [1.807, 2.05) is 6.07 Å². The Balaban J connectivity index is 1.80. The largest absolute Gasteiger partial charge is 0.482 e. The van der Waals surface area contributed by atoms with Crippen molar-refractivity contribution >= 4 is 27.9 Å². The lowest BCUT2D eigenvalue weighted by atomic mass is 10.1. The van der Waals surface area contributed by atoms with Gasteiger partial charge in [-0.15, -0.1) is 5.10 Å². The molecule has 1 aromatic heterocycles. The maximum atomic E-state index is 14.3. The molecule has 0 unspecified atom stereocenters. The molecule has 0 aliphatic rings. The molecule has 0 aliphatic carbocycles. The third-order valence-electron chi connectivity index (χ3n) is 4.02. The molecule has 0 spiro atoms. The van der Waals surface area contributed by atoms with Crippen molar-refractivity contribution in [2.24, 2.45) is 0 Å². The fraction of sp³-hybridized carbons (Fsp3) is 0.158. The monoisotopic (exact) mass is 495 g/mol. The molecule has 0 aliphatic heterocycles. The highest BCUT2D eigenvalue weighted by atomic mass is 79.9. The van der Waals surface area contributed by atoms with E-state index >= 15 is 0 Å². The molecule has 2 aromatic carbocycles. The van der Waals surface area contributed by atoms with E-state index < -0.39 is 30.0 Å². The van der Waals surface area contributed by atoms with Crippen LogP contribution in [0.5, 0.6) is 5.75 Å². The molecule has 1 heterocycles. The number of nitrogens with zero attached hydrogens (tertiary/aromatic N) is 4. The molecular weight excluding hydrogens is 483 g/mol. The first-order valence-corrected chi connectivity index (χ1v) is 9.37. The Morgan fingerprint density at radius 2 is 1.97 bits per heavy atom. The lowest BCUT2D eigenvalue weighted by molar-refractivity contribution is -0.135. The molecule has 1 amide bonds. The molecule has 0 saturated heterocycles. The van der Waals surface area contributed by atoms with Gasteiger partial charge in [0.2, 0.25) is 5.89 Å². The van der Waals surface area contributed by atoms with Gasteiger partial charge in [0.05, 0.1) is 22.7 Å². The molecule has 3 rings (SSSR count). The molecule has 0 saturated carbocycles. The molecule has 0 fully saturated rings. The van der Waals surface area contributed by atoms with Crippen LogP contribution >= 0.6 is 15.9 Å². The molecule has 3 aromatic rings. The van der Waals surface area contributed by atoms with Crippen LogP contribution in [0.2, 0.25) is 0 Å². The van der Waals surface area contributed by atoms with Crippen molar-refractivity contribution in [3.8, 4) is 11.8 Å². The second-order valence-corrected chi connectivity index (χ2v) is 6.98. The number of rotatable bonds is 7. The minimum Gasteiger partial charge on any atom is -0.482 e. The number of nitrogens with two attached hydrogens (primary N) is 1. The van der Waals surface area contributed by atoms with Crippen LogP contribution in [0, 0.1) is 28.8 Å². The number of carbonyl (C=O) groups is 1. The number of hydrogen-bond donors (Lipinski definition) is 1. The van der Waals surface area contributed by atoms with E-state index in [9.17, 15) is 18.0 Å². The summed E-state index contributed by atoms with van der Waals surface area (Å²) < 4.78 is 51.5. The van der Waals surface area contributed by atoms with Crippen LogP contribution in [0.1, 0.15) is 17.0 Å². The average Bonchev–Trinajstić information content (AvgIpc) is 3.14. The van der Waals surface area contributed by atoms with Crippen molar-refractivity contribution in [3.63, 3.8) is 0 Å². The standard InChI is InChI=1S/C19H13BrF3N5O3/c20-18-14(23)4-12(21)5-15(18)30-9-17(29)28(8-16-26-27-19(25)31-16)7-11-2-1-10(6-24)3-13(11)22/h1-5H,7-9H2,(H2,25,27). The van der Waals surface area contributed by atoms with Crippen LogP contribution in [-0.4, -0.2) is 27.6 Å². The van der Waals surface area contributed by atoms with Crippen LogP contribution in [0.4, 0.5) is 19.2 Å². The first-order chi connectivity index (χ1) is 14.8. The summed E-state index contributed by atoms with van der Waals surface area (Å²) >= 11 is 2.92. The third-order valence-corrected chi connectivity index (χ3v) is 4.78. The van der Waals surface area contributed by atoms with E-state index in [0.29, 0.717) is 6.07 Å². The number of hydrogen-bond acceptors (Lipinski definition) is 7. The molecule has 0 bridgehead atoms. The van der Waals surface area contributed by atoms with E-state index in [0.717, 1.165) is 17.0 Å². The number of amides is 1. The number of anilines is 1. The summed E-state index contributed by atoms with van der Waals surface area (Å²) in [7, 11) is 0.